The summed E-state index contributed by atoms with van der Waals surface area (Å²) in [6.45, 7) is 1.03. The highest BCUT2D eigenvalue weighted by molar-refractivity contribution is 5.88. The Hall–Kier alpha value is -2.81. The van der Waals surface area contributed by atoms with E-state index in [-0.39, 0.29) is 6.42 Å². The van der Waals surface area contributed by atoms with Crippen molar-refractivity contribution in [3.8, 4) is 22.3 Å². The smallest absolute Gasteiger partial charge is 0.303 e. The molecular formula is C23H23NO2. The van der Waals surface area contributed by atoms with Crippen molar-refractivity contribution in [3.05, 3.63) is 72.1 Å². The lowest BCUT2D eigenvalue weighted by atomic mass is 9.92. The van der Waals surface area contributed by atoms with Crippen LogP contribution in [-0.4, -0.2) is 15.6 Å². The van der Waals surface area contributed by atoms with Crippen molar-refractivity contribution in [3.63, 3.8) is 0 Å². The summed E-state index contributed by atoms with van der Waals surface area (Å²) in [7, 11) is 0. The van der Waals surface area contributed by atoms with Crippen LogP contribution in [0.5, 0.6) is 0 Å². The Bertz CT molecular complexity index is 910. The summed E-state index contributed by atoms with van der Waals surface area (Å²) in [5.74, 6) is -0.720. The summed E-state index contributed by atoms with van der Waals surface area (Å²) in [6.07, 6.45) is 3.94. The van der Waals surface area contributed by atoms with Gasteiger partial charge in [-0.3, -0.25) is 4.79 Å². The molecule has 26 heavy (non-hydrogen) atoms. The molecule has 3 heteroatoms. The van der Waals surface area contributed by atoms with Gasteiger partial charge in [-0.25, -0.2) is 0 Å². The predicted octanol–water partition coefficient (Wildman–Crippen LogP) is 5.18. The average molecular weight is 345 g/mol. The molecule has 1 aliphatic rings. The van der Waals surface area contributed by atoms with Crippen molar-refractivity contribution in [2.24, 2.45) is 0 Å². The molecule has 1 aromatic heterocycles. The second-order valence-electron chi connectivity index (χ2n) is 6.88. The van der Waals surface area contributed by atoms with Gasteiger partial charge >= 0.3 is 5.97 Å². The molecular weight excluding hydrogens is 322 g/mol. The minimum atomic E-state index is -0.720. The second kappa shape index (κ2) is 7.20. The van der Waals surface area contributed by atoms with Crippen molar-refractivity contribution in [2.45, 2.75) is 38.6 Å². The standard InChI is InChI=1S/C23H23NO2/c25-21(26)15-7-13-19-22(17-9-3-1-4-10-17)23(18-11-5-2-6-12-18)20-14-8-16-24(19)20/h1-6,9-12H,7-8,13-16H2,(H,25,26). The van der Waals surface area contributed by atoms with Crippen LogP contribution in [0.25, 0.3) is 22.3 Å². The van der Waals surface area contributed by atoms with Crippen molar-refractivity contribution in [1.82, 2.24) is 4.57 Å². The molecule has 0 fully saturated rings. The van der Waals surface area contributed by atoms with E-state index >= 15 is 0 Å². The first kappa shape index (κ1) is 16.6. The number of carbonyl (C=O) groups is 1. The van der Waals surface area contributed by atoms with Gasteiger partial charge in [-0.1, -0.05) is 60.7 Å². The number of rotatable bonds is 6. The topological polar surface area (TPSA) is 42.2 Å². The second-order valence-corrected chi connectivity index (χ2v) is 6.88. The lowest BCUT2D eigenvalue weighted by Gasteiger charge is -2.11. The van der Waals surface area contributed by atoms with Crippen LogP contribution in [-0.2, 0) is 24.2 Å². The molecule has 0 aliphatic carbocycles. The van der Waals surface area contributed by atoms with E-state index in [0.29, 0.717) is 6.42 Å². The van der Waals surface area contributed by atoms with Gasteiger partial charge < -0.3 is 9.67 Å². The Balaban J connectivity index is 1.89. The molecule has 1 N–H and O–H groups in total. The molecule has 3 aromatic rings. The Morgan fingerprint density at radius 3 is 2.15 bits per heavy atom. The highest BCUT2D eigenvalue weighted by atomic mass is 16.4. The van der Waals surface area contributed by atoms with Crippen LogP contribution < -0.4 is 0 Å². The molecule has 3 nitrogen and oxygen atoms in total. The number of carboxylic acids is 1. The third kappa shape index (κ3) is 3.05. The maximum atomic E-state index is 11.0. The van der Waals surface area contributed by atoms with Crippen molar-refractivity contribution < 1.29 is 9.90 Å². The number of benzene rings is 2. The fraction of sp³-hybridized carbons (Fsp3) is 0.261. The Labute approximate surface area is 153 Å². The first-order valence-electron chi connectivity index (χ1n) is 9.32. The summed E-state index contributed by atoms with van der Waals surface area (Å²) < 4.78 is 2.45. The van der Waals surface area contributed by atoms with Gasteiger partial charge in [-0.2, -0.15) is 0 Å². The van der Waals surface area contributed by atoms with Gasteiger partial charge in [-0.05, 0) is 36.8 Å². The molecule has 0 spiro atoms. The fourth-order valence-electron chi connectivity index (χ4n) is 4.15. The first-order chi connectivity index (χ1) is 12.8. The van der Waals surface area contributed by atoms with Crippen LogP contribution >= 0.6 is 0 Å². The normalized spacial score (nSPS) is 12.9. The summed E-state index contributed by atoms with van der Waals surface area (Å²) in [5, 5.41) is 9.05. The number of hydrogen-bond donors (Lipinski definition) is 1. The Kier molecular flexibility index (Phi) is 4.61. The zero-order valence-electron chi connectivity index (χ0n) is 14.8. The third-order valence-corrected chi connectivity index (χ3v) is 5.20. The van der Waals surface area contributed by atoms with E-state index in [1.807, 2.05) is 6.07 Å². The quantitative estimate of drug-likeness (QED) is 0.669. The van der Waals surface area contributed by atoms with Crippen LogP contribution in [0.2, 0.25) is 0 Å². The number of carboxylic acid groups (broad SMARTS) is 1. The molecule has 2 aromatic carbocycles. The van der Waals surface area contributed by atoms with Crippen LogP contribution in [0.4, 0.5) is 0 Å². The highest BCUT2D eigenvalue weighted by Gasteiger charge is 2.27. The molecule has 1 aliphatic heterocycles. The zero-order valence-corrected chi connectivity index (χ0v) is 14.8. The largest absolute Gasteiger partial charge is 0.481 e. The number of aromatic nitrogens is 1. The molecule has 0 saturated carbocycles. The van der Waals surface area contributed by atoms with E-state index in [4.69, 9.17) is 5.11 Å². The Morgan fingerprint density at radius 1 is 0.923 bits per heavy atom. The van der Waals surface area contributed by atoms with Gasteiger partial charge in [0.05, 0.1) is 0 Å². The maximum absolute atomic E-state index is 11.0. The number of aliphatic carboxylic acids is 1. The van der Waals surface area contributed by atoms with E-state index in [0.717, 1.165) is 25.8 Å². The van der Waals surface area contributed by atoms with Gasteiger partial charge in [0.2, 0.25) is 0 Å². The van der Waals surface area contributed by atoms with E-state index < -0.39 is 5.97 Å². The van der Waals surface area contributed by atoms with Crippen molar-refractivity contribution in [1.29, 1.82) is 0 Å². The van der Waals surface area contributed by atoms with Crippen LogP contribution in [0.1, 0.15) is 30.7 Å². The molecule has 132 valence electrons. The van der Waals surface area contributed by atoms with Gasteiger partial charge in [0, 0.05) is 35.5 Å². The molecule has 0 radical (unpaired) electrons. The summed E-state index contributed by atoms with van der Waals surface area (Å²) >= 11 is 0. The third-order valence-electron chi connectivity index (χ3n) is 5.20. The van der Waals surface area contributed by atoms with Gasteiger partial charge in [0.1, 0.15) is 0 Å². The zero-order chi connectivity index (χ0) is 17.9. The van der Waals surface area contributed by atoms with Crippen molar-refractivity contribution in [2.75, 3.05) is 0 Å². The molecule has 0 atom stereocenters. The summed E-state index contributed by atoms with van der Waals surface area (Å²) in [4.78, 5) is 11.0. The highest BCUT2D eigenvalue weighted by Crippen LogP contribution is 2.43. The van der Waals surface area contributed by atoms with Gasteiger partial charge in [0.15, 0.2) is 0 Å². The molecule has 0 amide bonds. The van der Waals surface area contributed by atoms with Crippen LogP contribution in [0.3, 0.4) is 0 Å². The first-order valence-corrected chi connectivity index (χ1v) is 9.32. The van der Waals surface area contributed by atoms with E-state index in [9.17, 15) is 4.79 Å². The van der Waals surface area contributed by atoms with Crippen LogP contribution in [0, 0.1) is 0 Å². The van der Waals surface area contributed by atoms with E-state index in [2.05, 4.69) is 59.2 Å². The molecule has 0 saturated heterocycles. The van der Waals surface area contributed by atoms with E-state index in [1.165, 1.54) is 33.6 Å². The summed E-state index contributed by atoms with van der Waals surface area (Å²) in [5.41, 5.74) is 7.79. The fourth-order valence-corrected chi connectivity index (χ4v) is 4.15. The number of nitrogens with zero attached hydrogens (tertiary/aromatic N) is 1. The molecule has 0 bridgehead atoms. The maximum Gasteiger partial charge on any atom is 0.303 e. The van der Waals surface area contributed by atoms with Crippen LogP contribution in [0.15, 0.2) is 60.7 Å². The molecule has 0 unspecified atom stereocenters. The number of fused-ring (bicyclic) bond motifs is 1. The summed E-state index contributed by atoms with van der Waals surface area (Å²) in [6, 6.07) is 21.1. The minimum Gasteiger partial charge on any atom is -0.481 e. The molecule has 2 heterocycles. The lowest BCUT2D eigenvalue weighted by molar-refractivity contribution is -0.137. The molecule has 4 rings (SSSR count). The van der Waals surface area contributed by atoms with Crippen molar-refractivity contribution >= 4 is 5.97 Å². The van der Waals surface area contributed by atoms with E-state index in [1.54, 1.807) is 0 Å². The SMILES string of the molecule is O=C(O)CCCc1c(-c2ccccc2)c(-c2ccccc2)c2n1CCC2. The van der Waals surface area contributed by atoms with Gasteiger partial charge in [0.25, 0.3) is 0 Å². The average Bonchev–Trinajstić information content (AvgIpc) is 3.24. The Morgan fingerprint density at radius 2 is 1.54 bits per heavy atom. The lowest BCUT2D eigenvalue weighted by Crippen LogP contribution is -2.03. The predicted molar refractivity (Wildman–Crippen MR) is 104 cm³/mol. The monoisotopic (exact) mass is 345 g/mol. The number of hydrogen-bond acceptors (Lipinski definition) is 1. The minimum absolute atomic E-state index is 0.218. The van der Waals surface area contributed by atoms with Gasteiger partial charge in [-0.15, -0.1) is 0 Å².